The molecule has 0 heterocycles. The Bertz CT molecular complexity index is 481. The summed E-state index contributed by atoms with van der Waals surface area (Å²) in [5.74, 6) is 0.616. The first-order chi connectivity index (χ1) is 8.11. The van der Waals surface area contributed by atoms with Crippen molar-refractivity contribution in [3.05, 3.63) is 29.8 Å². The molecule has 0 atom stereocenters. The highest BCUT2D eigenvalue weighted by Gasteiger charge is 2.28. The molecule has 2 rings (SSSR count). The van der Waals surface area contributed by atoms with E-state index in [0.29, 0.717) is 18.2 Å². The molecule has 1 aromatic rings. The van der Waals surface area contributed by atoms with Gasteiger partial charge >= 0.3 is 0 Å². The van der Waals surface area contributed by atoms with Crippen molar-refractivity contribution in [1.29, 1.82) is 0 Å². The van der Waals surface area contributed by atoms with Gasteiger partial charge in [-0.05, 0) is 37.4 Å². The van der Waals surface area contributed by atoms with Gasteiger partial charge in [-0.2, -0.15) is 0 Å². The van der Waals surface area contributed by atoms with Gasteiger partial charge in [-0.15, -0.1) is 0 Å². The number of para-hydroxylation sites is 1. The maximum Gasteiger partial charge on any atom is 0.233 e. The SMILES string of the molecule is CNCc1ccccc1NS(=O)(=O)CC1CC1. The average Bonchev–Trinajstić information content (AvgIpc) is 3.04. The molecule has 1 aromatic carbocycles. The third-order valence-corrected chi connectivity index (χ3v) is 4.24. The lowest BCUT2D eigenvalue weighted by molar-refractivity contribution is 0.597. The summed E-state index contributed by atoms with van der Waals surface area (Å²) in [6.45, 7) is 0.655. The van der Waals surface area contributed by atoms with Crippen LogP contribution in [-0.2, 0) is 16.6 Å². The highest BCUT2D eigenvalue weighted by Crippen LogP contribution is 2.31. The van der Waals surface area contributed by atoms with Gasteiger partial charge in [-0.1, -0.05) is 18.2 Å². The predicted molar refractivity (Wildman–Crippen MR) is 69.3 cm³/mol. The monoisotopic (exact) mass is 254 g/mol. The van der Waals surface area contributed by atoms with E-state index < -0.39 is 10.0 Å². The Morgan fingerprint density at radius 3 is 2.65 bits per heavy atom. The number of hydrogen-bond donors (Lipinski definition) is 2. The standard InChI is InChI=1S/C12H18N2O2S/c1-13-8-11-4-2-3-5-12(11)14-17(15,16)9-10-6-7-10/h2-5,10,13-14H,6-9H2,1H3. The normalized spacial score (nSPS) is 15.8. The van der Waals surface area contributed by atoms with E-state index in [-0.39, 0.29) is 5.75 Å². The Morgan fingerprint density at radius 1 is 1.29 bits per heavy atom. The average molecular weight is 254 g/mol. The van der Waals surface area contributed by atoms with Crippen LogP contribution in [-0.4, -0.2) is 21.2 Å². The molecule has 2 N–H and O–H groups in total. The molecule has 1 aliphatic carbocycles. The van der Waals surface area contributed by atoms with Crippen LogP contribution in [0.25, 0.3) is 0 Å². The van der Waals surface area contributed by atoms with Gasteiger partial charge in [0.25, 0.3) is 0 Å². The van der Waals surface area contributed by atoms with Crippen LogP contribution in [0.4, 0.5) is 5.69 Å². The molecule has 0 spiro atoms. The lowest BCUT2D eigenvalue weighted by Crippen LogP contribution is -2.19. The van der Waals surface area contributed by atoms with E-state index in [1.165, 1.54) is 0 Å². The van der Waals surface area contributed by atoms with Gasteiger partial charge in [0.2, 0.25) is 10.0 Å². The van der Waals surface area contributed by atoms with Crippen molar-refractivity contribution in [1.82, 2.24) is 5.32 Å². The van der Waals surface area contributed by atoms with Crippen LogP contribution in [0.1, 0.15) is 18.4 Å². The Morgan fingerprint density at radius 2 is 2.00 bits per heavy atom. The maximum absolute atomic E-state index is 11.9. The molecular weight excluding hydrogens is 236 g/mol. The fourth-order valence-electron chi connectivity index (χ4n) is 1.77. The summed E-state index contributed by atoms with van der Waals surface area (Å²) in [7, 11) is -1.35. The number of nitrogens with one attached hydrogen (secondary N) is 2. The molecular formula is C12H18N2O2S. The third-order valence-electron chi connectivity index (χ3n) is 2.80. The topological polar surface area (TPSA) is 58.2 Å². The van der Waals surface area contributed by atoms with Crippen LogP contribution in [0.2, 0.25) is 0 Å². The summed E-state index contributed by atoms with van der Waals surface area (Å²) < 4.78 is 26.4. The second kappa shape index (κ2) is 5.06. The van der Waals surface area contributed by atoms with Gasteiger partial charge in [0, 0.05) is 6.54 Å². The molecule has 94 valence electrons. The number of benzene rings is 1. The molecule has 0 saturated heterocycles. The van der Waals surface area contributed by atoms with Crippen molar-refractivity contribution < 1.29 is 8.42 Å². The van der Waals surface area contributed by atoms with Crippen LogP contribution >= 0.6 is 0 Å². The lowest BCUT2D eigenvalue weighted by Gasteiger charge is -2.12. The minimum absolute atomic E-state index is 0.251. The second-order valence-corrected chi connectivity index (χ2v) is 6.28. The van der Waals surface area contributed by atoms with Gasteiger partial charge < -0.3 is 5.32 Å². The molecule has 0 amide bonds. The van der Waals surface area contributed by atoms with Crippen molar-refractivity contribution in [3.63, 3.8) is 0 Å². The zero-order valence-electron chi connectivity index (χ0n) is 9.94. The number of rotatable bonds is 6. The maximum atomic E-state index is 11.9. The molecule has 1 fully saturated rings. The Hall–Kier alpha value is -1.07. The summed E-state index contributed by atoms with van der Waals surface area (Å²) in [6, 6.07) is 7.47. The van der Waals surface area contributed by atoms with Gasteiger partial charge in [0.15, 0.2) is 0 Å². The Balaban J connectivity index is 2.11. The zero-order chi connectivity index (χ0) is 12.3. The van der Waals surface area contributed by atoms with Crippen molar-refractivity contribution in [2.45, 2.75) is 19.4 Å². The van der Waals surface area contributed by atoms with E-state index in [4.69, 9.17) is 0 Å². The number of anilines is 1. The van der Waals surface area contributed by atoms with Gasteiger partial charge in [0.1, 0.15) is 0 Å². The van der Waals surface area contributed by atoms with Crippen molar-refractivity contribution in [2.75, 3.05) is 17.5 Å². The largest absolute Gasteiger partial charge is 0.316 e. The van der Waals surface area contributed by atoms with E-state index >= 15 is 0 Å². The summed E-state index contributed by atoms with van der Waals surface area (Å²) in [5, 5.41) is 3.03. The molecule has 0 radical (unpaired) electrons. The van der Waals surface area contributed by atoms with Crippen LogP contribution < -0.4 is 10.0 Å². The van der Waals surface area contributed by atoms with Crippen LogP contribution in [0.5, 0.6) is 0 Å². The molecule has 4 nitrogen and oxygen atoms in total. The summed E-state index contributed by atoms with van der Waals surface area (Å²) in [5.41, 5.74) is 1.65. The second-order valence-electron chi connectivity index (χ2n) is 4.51. The minimum atomic E-state index is -3.19. The van der Waals surface area contributed by atoms with Crippen LogP contribution in [0, 0.1) is 5.92 Å². The first-order valence-corrected chi connectivity index (χ1v) is 7.49. The van der Waals surface area contributed by atoms with E-state index in [2.05, 4.69) is 10.0 Å². The molecule has 5 heteroatoms. The molecule has 0 unspecified atom stereocenters. The van der Waals surface area contributed by atoms with Crippen molar-refractivity contribution in [3.8, 4) is 0 Å². The van der Waals surface area contributed by atoms with Crippen LogP contribution in [0.15, 0.2) is 24.3 Å². The molecule has 1 saturated carbocycles. The molecule has 1 aliphatic rings. The summed E-state index contributed by atoms with van der Waals surface area (Å²) >= 11 is 0. The highest BCUT2D eigenvalue weighted by molar-refractivity contribution is 7.92. The molecule has 0 aliphatic heterocycles. The molecule has 17 heavy (non-hydrogen) atoms. The van der Waals surface area contributed by atoms with Gasteiger partial charge in [0.05, 0.1) is 11.4 Å². The molecule has 0 bridgehead atoms. The minimum Gasteiger partial charge on any atom is -0.316 e. The van der Waals surface area contributed by atoms with E-state index in [1.807, 2.05) is 25.2 Å². The lowest BCUT2D eigenvalue weighted by atomic mass is 10.2. The predicted octanol–water partition coefficient (Wildman–Crippen LogP) is 1.56. The van der Waals surface area contributed by atoms with Gasteiger partial charge in [-0.25, -0.2) is 8.42 Å². The fourth-order valence-corrected chi connectivity index (χ4v) is 3.34. The fraction of sp³-hybridized carbons (Fsp3) is 0.500. The van der Waals surface area contributed by atoms with E-state index in [9.17, 15) is 8.42 Å². The van der Waals surface area contributed by atoms with Crippen molar-refractivity contribution >= 4 is 15.7 Å². The van der Waals surface area contributed by atoms with Crippen LogP contribution in [0.3, 0.4) is 0 Å². The highest BCUT2D eigenvalue weighted by atomic mass is 32.2. The quantitative estimate of drug-likeness (QED) is 0.810. The van der Waals surface area contributed by atoms with Crippen molar-refractivity contribution in [2.24, 2.45) is 5.92 Å². The smallest absolute Gasteiger partial charge is 0.233 e. The third kappa shape index (κ3) is 3.71. The number of hydrogen-bond acceptors (Lipinski definition) is 3. The zero-order valence-corrected chi connectivity index (χ0v) is 10.8. The van der Waals surface area contributed by atoms with E-state index in [1.54, 1.807) is 6.07 Å². The Kier molecular flexibility index (Phi) is 3.69. The number of sulfonamides is 1. The summed E-state index contributed by atoms with van der Waals surface area (Å²) in [4.78, 5) is 0. The first-order valence-electron chi connectivity index (χ1n) is 5.84. The van der Waals surface area contributed by atoms with Gasteiger partial charge in [-0.3, -0.25) is 4.72 Å². The Labute approximate surface area is 102 Å². The molecule has 0 aromatic heterocycles. The first kappa shape index (κ1) is 12.4. The summed E-state index contributed by atoms with van der Waals surface area (Å²) in [6.07, 6.45) is 2.08. The van der Waals surface area contributed by atoms with E-state index in [0.717, 1.165) is 18.4 Å².